The van der Waals surface area contributed by atoms with Crippen molar-refractivity contribution in [2.45, 2.75) is 91.9 Å². The number of hydrogen-bond acceptors (Lipinski definition) is 0. The number of unbranched alkanes of at least 4 members (excludes halogenated alkanes) is 2. The summed E-state index contributed by atoms with van der Waals surface area (Å²) in [6.07, 6.45) is 30.8. The molecule has 0 amide bonds. The summed E-state index contributed by atoms with van der Waals surface area (Å²) in [6.45, 7) is 9.20. The van der Waals surface area contributed by atoms with Crippen molar-refractivity contribution in [1.29, 1.82) is 0 Å². The van der Waals surface area contributed by atoms with Gasteiger partial charge in [0.1, 0.15) is 0 Å². The molecular weight excluding hydrogens is 288 g/mol. The van der Waals surface area contributed by atoms with E-state index in [1.807, 2.05) is 0 Å². The molecule has 138 valence electrons. The van der Waals surface area contributed by atoms with Gasteiger partial charge in [-0.05, 0) is 63.2 Å². The molecule has 0 rings (SSSR count). The lowest BCUT2D eigenvalue weighted by molar-refractivity contribution is 0.341. The van der Waals surface area contributed by atoms with Gasteiger partial charge in [-0.1, -0.05) is 89.1 Å². The molecule has 0 aliphatic heterocycles. The lowest BCUT2D eigenvalue weighted by Crippen LogP contribution is -2.07. The number of hydrogen-bond donors (Lipinski definition) is 0. The first-order chi connectivity index (χ1) is 11.7. The van der Waals surface area contributed by atoms with Gasteiger partial charge in [-0.3, -0.25) is 0 Å². The molecule has 0 aromatic carbocycles. The largest absolute Gasteiger partial charge is 0.0882 e. The fraction of sp³-hybridized carbons (Fsp3) is 0.667. The zero-order valence-corrected chi connectivity index (χ0v) is 16.8. The zero-order chi connectivity index (χ0) is 17.9. The van der Waals surface area contributed by atoms with Gasteiger partial charge in [0.15, 0.2) is 0 Å². The van der Waals surface area contributed by atoms with Crippen molar-refractivity contribution in [3.8, 4) is 0 Å². The van der Waals surface area contributed by atoms with Crippen LogP contribution in [0.25, 0.3) is 0 Å². The summed E-state index contributed by atoms with van der Waals surface area (Å²) in [5, 5.41) is 0. The summed E-state index contributed by atoms with van der Waals surface area (Å²) in [7, 11) is 0. The molecule has 0 unspecified atom stereocenters. The topological polar surface area (TPSA) is 0 Å². The smallest absolute Gasteiger partial charge is 0.0169 e. The number of allylic oxidation sites excluding steroid dienone is 8. The van der Waals surface area contributed by atoms with Crippen LogP contribution in [0, 0.1) is 11.8 Å². The van der Waals surface area contributed by atoms with E-state index >= 15 is 0 Å². The molecule has 0 spiro atoms. The normalized spacial score (nSPS) is 13.1. The van der Waals surface area contributed by atoms with E-state index in [-0.39, 0.29) is 0 Å². The van der Waals surface area contributed by atoms with Crippen LogP contribution in [0.4, 0.5) is 0 Å². The molecular formula is C24H42. The molecule has 0 radical (unpaired) electrons. The van der Waals surface area contributed by atoms with Gasteiger partial charge in [0.25, 0.3) is 0 Å². The van der Waals surface area contributed by atoms with Crippen molar-refractivity contribution in [3.63, 3.8) is 0 Å². The highest BCUT2D eigenvalue weighted by atomic mass is 14.2. The Morgan fingerprint density at radius 2 is 0.917 bits per heavy atom. The van der Waals surface area contributed by atoms with Gasteiger partial charge in [0, 0.05) is 0 Å². The second kappa shape index (κ2) is 18.3. The Labute approximate surface area is 152 Å². The van der Waals surface area contributed by atoms with E-state index in [2.05, 4.69) is 76.3 Å². The molecule has 0 aliphatic carbocycles. The van der Waals surface area contributed by atoms with Crippen LogP contribution in [0.15, 0.2) is 48.6 Å². The highest BCUT2D eigenvalue weighted by Gasteiger charge is 2.11. The SMILES string of the molecule is CCC/C=C/C/C=C/CCC(CC/C=C/C/C=C/CCC)C(C)C. The first kappa shape index (κ1) is 23.0. The predicted molar refractivity (Wildman–Crippen MR) is 112 cm³/mol. The Morgan fingerprint density at radius 1 is 0.542 bits per heavy atom. The summed E-state index contributed by atoms with van der Waals surface area (Å²) in [6, 6.07) is 0. The molecule has 0 saturated carbocycles. The quantitative estimate of drug-likeness (QED) is 0.264. The average molecular weight is 331 g/mol. The van der Waals surface area contributed by atoms with Crippen LogP contribution in [0.2, 0.25) is 0 Å². The van der Waals surface area contributed by atoms with Crippen molar-refractivity contribution < 1.29 is 0 Å². The molecule has 0 N–H and O–H groups in total. The van der Waals surface area contributed by atoms with Crippen molar-refractivity contribution in [3.05, 3.63) is 48.6 Å². The predicted octanol–water partition coefficient (Wildman–Crippen LogP) is 8.42. The number of rotatable bonds is 15. The van der Waals surface area contributed by atoms with Gasteiger partial charge < -0.3 is 0 Å². The van der Waals surface area contributed by atoms with Crippen LogP contribution in [0.1, 0.15) is 91.9 Å². The highest BCUT2D eigenvalue weighted by Crippen LogP contribution is 2.23. The van der Waals surface area contributed by atoms with Gasteiger partial charge in [0.2, 0.25) is 0 Å². The third kappa shape index (κ3) is 15.8. The average Bonchev–Trinajstić information content (AvgIpc) is 2.57. The van der Waals surface area contributed by atoms with Crippen molar-refractivity contribution in [2.75, 3.05) is 0 Å². The van der Waals surface area contributed by atoms with E-state index in [0.717, 1.165) is 24.7 Å². The molecule has 0 atom stereocenters. The summed E-state index contributed by atoms with van der Waals surface area (Å²) in [5.74, 6) is 1.64. The lowest BCUT2D eigenvalue weighted by atomic mass is 9.87. The summed E-state index contributed by atoms with van der Waals surface area (Å²) in [5.41, 5.74) is 0. The minimum atomic E-state index is 0.792. The lowest BCUT2D eigenvalue weighted by Gasteiger charge is -2.19. The summed E-state index contributed by atoms with van der Waals surface area (Å²) in [4.78, 5) is 0. The van der Waals surface area contributed by atoms with E-state index in [1.165, 1.54) is 51.4 Å². The second-order valence-electron chi connectivity index (χ2n) is 7.09. The maximum atomic E-state index is 2.38. The molecule has 0 saturated heterocycles. The van der Waals surface area contributed by atoms with E-state index in [1.54, 1.807) is 0 Å². The maximum Gasteiger partial charge on any atom is -0.0169 e. The van der Waals surface area contributed by atoms with Crippen LogP contribution in [0.3, 0.4) is 0 Å². The molecule has 0 heterocycles. The third-order valence-electron chi connectivity index (χ3n) is 4.47. The molecule has 0 aromatic rings. The highest BCUT2D eigenvalue weighted by molar-refractivity contribution is 4.94. The first-order valence-electron chi connectivity index (χ1n) is 10.3. The zero-order valence-electron chi connectivity index (χ0n) is 16.8. The standard InChI is InChI=1S/C24H42/c1-5-7-9-11-13-15-17-19-21-24(23(3)4)22-20-18-16-14-12-10-8-6-2/h9-12,15-18,23-24H,5-8,13-14,19-22H2,1-4H3/b11-9+,12-10+,17-15+,18-16+. The van der Waals surface area contributed by atoms with Crippen LogP contribution >= 0.6 is 0 Å². The van der Waals surface area contributed by atoms with Gasteiger partial charge in [-0.15, -0.1) is 0 Å². The minimum absolute atomic E-state index is 0.792. The molecule has 0 bridgehead atoms. The Bertz CT molecular complexity index is 322. The fourth-order valence-corrected chi connectivity index (χ4v) is 2.78. The van der Waals surface area contributed by atoms with Gasteiger partial charge >= 0.3 is 0 Å². The molecule has 0 aromatic heterocycles. The van der Waals surface area contributed by atoms with Crippen molar-refractivity contribution >= 4 is 0 Å². The fourth-order valence-electron chi connectivity index (χ4n) is 2.78. The van der Waals surface area contributed by atoms with E-state index < -0.39 is 0 Å². The second-order valence-corrected chi connectivity index (χ2v) is 7.09. The van der Waals surface area contributed by atoms with Crippen LogP contribution in [0.5, 0.6) is 0 Å². The van der Waals surface area contributed by atoms with Gasteiger partial charge in [-0.2, -0.15) is 0 Å². The van der Waals surface area contributed by atoms with Gasteiger partial charge in [0.05, 0.1) is 0 Å². The van der Waals surface area contributed by atoms with E-state index in [4.69, 9.17) is 0 Å². The molecule has 0 nitrogen and oxygen atoms in total. The van der Waals surface area contributed by atoms with Crippen LogP contribution in [-0.4, -0.2) is 0 Å². The Hall–Kier alpha value is -1.04. The van der Waals surface area contributed by atoms with Crippen molar-refractivity contribution in [1.82, 2.24) is 0 Å². The Morgan fingerprint density at radius 3 is 1.25 bits per heavy atom. The third-order valence-corrected chi connectivity index (χ3v) is 4.47. The Balaban J connectivity index is 3.85. The molecule has 0 fully saturated rings. The summed E-state index contributed by atoms with van der Waals surface area (Å²) >= 11 is 0. The van der Waals surface area contributed by atoms with E-state index in [9.17, 15) is 0 Å². The summed E-state index contributed by atoms with van der Waals surface area (Å²) < 4.78 is 0. The van der Waals surface area contributed by atoms with Crippen molar-refractivity contribution in [2.24, 2.45) is 11.8 Å². The molecule has 0 heteroatoms. The maximum absolute atomic E-state index is 2.38. The minimum Gasteiger partial charge on any atom is -0.0882 e. The van der Waals surface area contributed by atoms with Crippen LogP contribution in [-0.2, 0) is 0 Å². The Kier molecular flexibility index (Phi) is 17.5. The van der Waals surface area contributed by atoms with Crippen LogP contribution < -0.4 is 0 Å². The molecule has 0 aliphatic rings. The molecule has 24 heavy (non-hydrogen) atoms. The van der Waals surface area contributed by atoms with Gasteiger partial charge in [-0.25, -0.2) is 0 Å². The monoisotopic (exact) mass is 330 g/mol. The first-order valence-corrected chi connectivity index (χ1v) is 10.3. The van der Waals surface area contributed by atoms with E-state index in [0.29, 0.717) is 0 Å².